The minimum absolute atomic E-state index is 0.204. The zero-order valence-corrected chi connectivity index (χ0v) is 18.9. The van der Waals surface area contributed by atoms with Crippen LogP contribution in [-0.4, -0.2) is 37.9 Å². The molecule has 0 aromatic heterocycles. The number of carbonyl (C=O) groups excluding carboxylic acids is 2. The van der Waals surface area contributed by atoms with E-state index >= 15 is 0 Å². The third kappa shape index (κ3) is 6.78. The average Bonchev–Trinajstić information content (AvgIpc) is 2.75. The SMILES string of the molecule is Cc1ccc(NC(=O)CS(=O)(=O)Cc2cccc(C(=O)N(C)Cc3ccccc3)c2)cc1. The van der Waals surface area contributed by atoms with Gasteiger partial charge in [0, 0.05) is 24.8 Å². The van der Waals surface area contributed by atoms with E-state index in [9.17, 15) is 18.0 Å². The molecule has 0 aliphatic carbocycles. The Hall–Kier alpha value is -3.45. The normalized spacial score (nSPS) is 11.1. The third-order valence-corrected chi connectivity index (χ3v) is 6.33. The summed E-state index contributed by atoms with van der Waals surface area (Å²) in [5, 5.41) is 2.60. The summed E-state index contributed by atoms with van der Waals surface area (Å²) < 4.78 is 25.1. The maximum atomic E-state index is 12.8. The number of benzene rings is 3. The van der Waals surface area contributed by atoms with Crippen molar-refractivity contribution >= 4 is 27.3 Å². The standard InChI is InChI=1S/C25H26N2O4S/c1-19-11-13-23(14-12-19)26-24(28)18-32(30,31)17-21-9-6-10-22(15-21)25(29)27(2)16-20-7-4-3-5-8-20/h3-15H,16-18H2,1-2H3,(H,26,28). The second kappa shape index (κ2) is 10.2. The van der Waals surface area contributed by atoms with Gasteiger partial charge in [-0.25, -0.2) is 8.42 Å². The van der Waals surface area contributed by atoms with Crippen LogP contribution in [0.5, 0.6) is 0 Å². The van der Waals surface area contributed by atoms with Crippen LogP contribution in [0.2, 0.25) is 0 Å². The van der Waals surface area contributed by atoms with Crippen LogP contribution >= 0.6 is 0 Å². The van der Waals surface area contributed by atoms with Crippen molar-refractivity contribution in [3.05, 3.63) is 101 Å². The van der Waals surface area contributed by atoms with Crippen LogP contribution < -0.4 is 5.32 Å². The first kappa shape index (κ1) is 23.2. The summed E-state index contributed by atoms with van der Waals surface area (Å²) in [6, 6.07) is 23.2. The largest absolute Gasteiger partial charge is 0.337 e. The minimum Gasteiger partial charge on any atom is -0.337 e. The minimum atomic E-state index is -3.71. The molecule has 2 amide bonds. The van der Waals surface area contributed by atoms with Gasteiger partial charge in [0.2, 0.25) is 5.91 Å². The third-order valence-electron chi connectivity index (χ3n) is 4.86. The number of aryl methyl sites for hydroxylation is 1. The summed E-state index contributed by atoms with van der Waals surface area (Å²) in [6.07, 6.45) is 0. The maximum Gasteiger partial charge on any atom is 0.253 e. The number of nitrogens with one attached hydrogen (secondary N) is 1. The molecular weight excluding hydrogens is 424 g/mol. The summed E-state index contributed by atoms with van der Waals surface area (Å²) in [4.78, 5) is 26.6. The Kier molecular flexibility index (Phi) is 7.43. The lowest BCUT2D eigenvalue weighted by Crippen LogP contribution is -2.26. The lowest BCUT2D eigenvalue weighted by atomic mass is 10.1. The quantitative estimate of drug-likeness (QED) is 0.566. The van der Waals surface area contributed by atoms with E-state index in [1.54, 1.807) is 48.3 Å². The molecule has 0 fully saturated rings. The predicted molar refractivity (Wildman–Crippen MR) is 126 cm³/mol. The zero-order chi connectivity index (χ0) is 23.1. The molecule has 0 bridgehead atoms. The van der Waals surface area contributed by atoms with E-state index in [2.05, 4.69) is 5.32 Å². The first-order valence-corrected chi connectivity index (χ1v) is 12.0. The molecule has 3 aromatic carbocycles. The van der Waals surface area contributed by atoms with E-state index < -0.39 is 21.5 Å². The topological polar surface area (TPSA) is 83.5 Å². The first-order chi connectivity index (χ1) is 15.2. The van der Waals surface area contributed by atoms with Crippen molar-refractivity contribution in [2.75, 3.05) is 18.1 Å². The van der Waals surface area contributed by atoms with Crippen molar-refractivity contribution in [1.29, 1.82) is 0 Å². The number of carbonyl (C=O) groups is 2. The number of hydrogen-bond acceptors (Lipinski definition) is 4. The summed E-state index contributed by atoms with van der Waals surface area (Å²) in [5.74, 6) is -1.75. The van der Waals surface area contributed by atoms with E-state index in [1.807, 2.05) is 49.4 Å². The molecule has 7 heteroatoms. The maximum absolute atomic E-state index is 12.8. The van der Waals surface area contributed by atoms with Gasteiger partial charge in [0.1, 0.15) is 5.75 Å². The highest BCUT2D eigenvalue weighted by Crippen LogP contribution is 2.14. The van der Waals surface area contributed by atoms with Crippen LogP contribution in [0.25, 0.3) is 0 Å². The molecule has 0 atom stereocenters. The van der Waals surface area contributed by atoms with Crippen LogP contribution in [0, 0.1) is 6.92 Å². The van der Waals surface area contributed by atoms with Gasteiger partial charge < -0.3 is 10.2 Å². The molecule has 0 aliphatic heterocycles. The Morgan fingerprint density at radius 3 is 2.22 bits per heavy atom. The van der Waals surface area contributed by atoms with Gasteiger partial charge in [0.25, 0.3) is 5.91 Å². The summed E-state index contributed by atoms with van der Waals surface area (Å²) in [7, 11) is -2.01. The summed E-state index contributed by atoms with van der Waals surface area (Å²) >= 11 is 0. The second-order valence-corrected chi connectivity index (χ2v) is 9.86. The van der Waals surface area contributed by atoms with Crippen LogP contribution in [-0.2, 0) is 26.9 Å². The molecule has 0 aliphatic rings. The number of amides is 2. The fourth-order valence-electron chi connectivity index (χ4n) is 3.28. The second-order valence-electron chi connectivity index (χ2n) is 7.79. The van der Waals surface area contributed by atoms with E-state index in [0.29, 0.717) is 23.4 Å². The van der Waals surface area contributed by atoms with Crippen molar-refractivity contribution in [2.24, 2.45) is 0 Å². The molecular formula is C25H26N2O4S. The summed E-state index contributed by atoms with van der Waals surface area (Å²) in [5.41, 5.74) is 3.46. The van der Waals surface area contributed by atoms with Gasteiger partial charge in [-0.15, -0.1) is 0 Å². The smallest absolute Gasteiger partial charge is 0.253 e. The molecule has 166 valence electrons. The number of sulfone groups is 1. The average molecular weight is 451 g/mol. The highest BCUT2D eigenvalue weighted by atomic mass is 32.2. The fraction of sp³-hybridized carbons (Fsp3) is 0.200. The van der Waals surface area contributed by atoms with E-state index in [1.165, 1.54) is 0 Å². The first-order valence-electron chi connectivity index (χ1n) is 10.2. The zero-order valence-electron chi connectivity index (χ0n) is 18.1. The molecule has 0 saturated heterocycles. The number of hydrogen-bond donors (Lipinski definition) is 1. The van der Waals surface area contributed by atoms with Crippen LogP contribution in [0.3, 0.4) is 0 Å². The molecule has 0 spiro atoms. The van der Waals surface area contributed by atoms with Crippen molar-refractivity contribution < 1.29 is 18.0 Å². The molecule has 0 heterocycles. The molecule has 32 heavy (non-hydrogen) atoms. The van der Waals surface area contributed by atoms with Gasteiger partial charge in [-0.3, -0.25) is 9.59 Å². The van der Waals surface area contributed by atoms with Gasteiger partial charge in [-0.2, -0.15) is 0 Å². The highest BCUT2D eigenvalue weighted by Gasteiger charge is 2.19. The molecule has 0 saturated carbocycles. The van der Waals surface area contributed by atoms with Crippen LogP contribution in [0.4, 0.5) is 5.69 Å². The van der Waals surface area contributed by atoms with Crippen LogP contribution in [0.1, 0.15) is 27.0 Å². The number of anilines is 1. The lowest BCUT2D eigenvalue weighted by Gasteiger charge is -2.18. The van der Waals surface area contributed by atoms with Gasteiger partial charge in [0.05, 0.1) is 5.75 Å². The lowest BCUT2D eigenvalue weighted by molar-refractivity contribution is -0.113. The monoisotopic (exact) mass is 450 g/mol. The Morgan fingerprint density at radius 1 is 0.875 bits per heavy atom. The van der Waals surface area contributed by atoms with Gasteiger partial charge in [0.15, 0.2) is 9.84 Å². The summed E-state index contributed by atoms with van der Waals surface area (Å²) in [6.45, 7) is 2.37. The Labute approximate surface area is 188 Å². The molecule has 0 unspecified atom stereocenters. The van der Waals surface area contributed by atoms with Crippen molar-refractivity contribution in [3.63, 3.8) is 0 Å². The highest BCUT2D eigenvalue weighted by molar-refractivity contribution is 7.91. The number of nitrogens with zero attached hydrogens (tertiary/aromatic N) is 1. The molecule has 3 aromatic rings. The Balaban J connectivity index is 1.63. The Morgan fingerprint density at radius 2 is 1.53 bits per heavy atom. The van der Waals surface area contributed by atoms with Crippen molar-refractivity contribution in [3.8, 4) is 0 Å². The van der Waals surface area contributed by atoms with Crippen molar-refractivity contribution in [2.45, 2.75) is 19.2 Å². The predicted octanol–water partition coefficient (Wildman–Crippen LogP) is 3.82. The van der Waals surface area contributed by atoms with Crippen molar-refractivity contribution in [1.82, 2.24) is 4.90 Å². The van der Waals surface area contributed by atoms with Gasteiger partial charge in [-0.05, 0) is 42.3 Å². The molecule has 0 radical (unpaired) electrons. The van der Waals surface area contributed by atoms with E-state index in [-0.39, 0.29) is 11.7 Å². The molecule has 3 rings (SSSR count). The van der Waals surface area contributed by atoms with E-state index in [0.717, 1.165) is 11.1 Å². The Bertz CT molecular complexity index is 1190. The van der Waals surface area contributed by atoms with Gasteiger partial charge in [-0.1, -0.05) is 60.2 Å². The van der Waals surface area contributed by atoms with E-state index in [4.69, 9.17) is 0 Å². The fourth-order valence-corrected chi connectivity index (χ4v) is 4.54. The van der Waals surface area contributed by atoms with Crippen LogP contribution in [0.15, 0.2) is 78.9 Å². The number of rotatable bonds is 8. The molecule has 1 N–H and O–H groups in total. The van der Waals surface area contributed by atoms with Gasteiger partial charge >= 0.3 is 0 Å². The molecule has 6 nitrogen and oxygen atoms in total.